The third-order valence-electron chi connectivity index (χ3n) is 29.4. The molecular weight excluding hydrogens is 1460 g/mol. The van der Waals surface area contributed by atoms with Crippen LogP contribution in [0.2, 0.25) is 0 Å². The highest BCUT2D eigenvalue weighted by Crippen LogP contribution is 2.67. The maximum Gasteiger partial charge on any atom is 0.0934 e. The molecule has 3 nitrogen and oxygen atoms in total. The minimum absolute atomic E-state index is 0.278. The predicted octanol–water partition coefficient (Wildman–Crippen LogP) is 30.2. The zero-order chi connectivity index (χ0) is 80.2. The van der Waals surface area contributed by atoms with E-state index in [0.717, 1.165) is 48.5 Å². The Labute approximate surface area is 705 Å². The molecule has 0 amide bonds. The molecule has 0 unspecified atom stereocenters. The fourth-order valence-electron chi connectivity index (χ4n) is 24.0. The number of nitrogens with zero attached hydrogens (tertiary/aromatic N) is 3. The van der Waals surface area contributed by atoms with Crippen LogP contribution in [0.1, 0.15) is 120 Å². The van der Waals surface area contributed by atoms with Crippen molar-refractivity contribution in [3.63, 3.8) is 0 Å². The van der Waals surface area contributed by atoms with Crippen LogP contribution in [0, 0.1) is 0 Å². The van der Waals surface area contributed by atoms with Gasteiger partial charge in [0.15, 0.2) is 0 Å². The minimum atomic E-state index is -0.388. The number of para-hydroxylation sites is 2. The Morgan fingerprint density at radius 1 is 0.215 bits per heavy atom. The van der Waals surface area contributed by atoms with E-state index >= 15 is 0 Å². The van der Waals surface area contributed by atoms with Crippen molar-refractivity contribution in [1.29, 1.82) is 0 Å². The van der Waals surface area contributed by atoms with Crippen LogP contribution in [0.4, 0.5) is 0 Å². The summed E-state index contributed by atoms with van der Waals surface area (Å²) < 4.78 is 2.38. The van der Waals surface area contributed by atoms with E-state index in [1.807, 2.05) is 0 Å². The molecule has 0 saturated carbocycles. The summed E-state index contributed by atoms with van der Waals surface area (Å²) in [5.41, 5.74) is 43.6. The van der Waals surface area contributed by atoms with E-state index in [1.165, 1.54) is 216 Å². The molecule has 121 heavy (non-hydrogen) atoms. The molecule has 3 heteroatoms. The van der Waals surface area contributed by atoms with Gasteiger partial charge in [-0.05, 0) is 257 Å². The van der Waals surface area contributed by atoms with Crippen LogP contribution in [-0.4, -0.2) is 14.5 Å². The number of aromatic nitrogens is 3. The standard InChI is InChI=1S/C76H56N2.C42H27N/c1-5-73(6-2)65-41-45(47-33-37-55-53-25-13-19-31-63(53)75(67(55)43-47)59-27-15-9-21-49(59)50-22-10-16-28-60(50)75)35-39-57(65)69-71(73)77-70-58-40-36-46(42-66(58)74(7-3,8-4)72(70)78-69)48-34-38-56-54-26-14-20-32-64(54)76(68(56)44-48)61-29-17-11-23-51(61)52-24-12-18-30-62(52)76;1-2-15-30(16-3-1)43-39-24-11-10-18-32(39)38-27-29(25-26-40(38)43)41-34-19-6-8-21-36(34)42(37-22-9-7-20-35(37)41)33-23-12-14-28-13-4-5-17-31(28)33/h9-44H,5-8H2,1-4H3;1-27H. The van der Waals surface area contributed by atoms with Gasteiger partial charge in [-0.2, -0.15) is 0 Å². The Kier molecular flexibility index (Phi) is 15.0. The van der Waals surface area contributed by atoms with Crippen LogP contribution >= 0.6 is 0 Å². The second-order valence-electron chi connectivity index (χ2n) is 34.3. The van der Waals surface area contributed by atoms with Crippen LogP contribution in [-0.2, 0) is 21.7 Å². The minimum Gasteiger partial charge on any atom is -0.309 e. The lowest BCUT2D eigenvalue weighted by molar-refractivity contribution is 0.466. The normalized spacial score (nSPS) is 14.5. The van der Waals surface area contributed by atoms with Crippen LogP contribution in [0.3, 0.4) is 0 Å². The Hall–Kier alpha value is -14.4. The van der Waals surface area contributed by atoms with E-state index < -0.39 is 0 Å². The molecule has 0 saturated heterocycles. The largest absolute Gasteiger partial charge is 0.309 e. The molecule has 0 bridgehead atoms. The molecule has 0 radical (unpaired) electrons. The van der Waals surface area contributed by atoms with Gasteiger partial charge in [-0.3, -0.25) is 0 Å². The quantitative estimate of drug-likeness (QED) is 0.135. The molecule has 0 aliphatic heterocycles. The number of hydrogen-bond donors (Lipinski definition) is 0. The van der Waals surface area contributed by atoms with E-state index in [-0.39, 0.29) is 21.7 Å². The molecule has 6 aliphatic rings. The third-order valence-corrected chi connectivity index (χ3v) is 29.4. The molecule has 570 valence electrons. The van der Waals surface area contributed by atoms with Gasteiger partial charge in [-0.15, -0.1) is 0 Å². The molecule has 0 N–H and O–H groups in total. The molecule has 0 fully saturated rings. The molecule has 2 heterocycles. The van der Waals surface area contributed by atoms with Gasteiger partial charge in [0.1, 0.15) is 0 Å². The van der Waals surface area contributed by atoms with Gasteiger partial charge in [-0.1, -0.05) is 355 Å². The van der Waals surface area contributed by atoms with Crippen molar-refractivity contribution < 1.29 is 0 Å². The number of fused-ring (bicyclic) bond motifs is 32. The van der Waals surface area contributed by atoms with Crippen LogP contribution < -0.4 is 0 Å². The SMILES string of the molecule is CCC1(CC)c2cc(-c3ccc4c(c3)C3(c5ccccc5-c5ccccc53)c3ccccc3-4)ccc2-c2nc3c(nc21)-c1ccc(-c2ccc4c(c2)C2(c5ccccc5-c5ccccc52)c2ccccc2-4)cc1C3(CC)CC.c1ccc(-n2c3ccccc3c3cc(-c4c5ccccc5c(-c5cccc6ccccc56)c5ccccc45)ccc32)cc1. The highest BCUT2D eigenvalue weighted by Gasteiger charge is 2.55. The average Bonchev–Trinajstić information content (AvgIpc) is 1.50. The average molecular weight is 1540 g/mol. The summed E-state index contributed by atoms with van der Waals surface area (Å²) >= 11 is 0. The lowest BCUT2D eigenvalue weighted by Gasteiger charge is -2.31. The van der Waals surface area contributed by atoms with Gasteiger partial charge in [0, 0.05) is 38.4 Å². The molecule has 0 atom stereocenters. The summed E-state index contributed by atoms with van der Waals surface area (Å²) in [7, 11) is 0. The summed E-state index contributed by atoms with van der Waals surface area (Å²) in [6.07, 6.45) is 3.75. The predicted molar refractivity (Wildman–Crippen MR) is 503 cm³/mol. The van der Waals surface area contributed by atoms with Crippen molar-refractivity contribution in [1.82, 2.24) is 14.5 Å². The van der Waals surface area contributed by atoms with Crippen molar-refractivity contribution in [2.75, 3.05) is 0 Å². The summed E-state index contributed by atoms with van der Waals surface area (Å²) in [6.45, 7) is 9.44. The van der Waals surface area contributed by atoms with Crippen molar-refractivity contribution in [3.8, 4) is 117 Å². The molecule has 18 aromatic carbocycles. The maximum absolute atomic E-state index is 5.94. The van der Waals surface area contributed by atoms with E-state index in [1.54, 1.807) is 0 Å². The van der Waals surface area contributed by atoms with Crippen molar-refractivity contribution in [2.24, 2.45) is 0 Å². The first-order chi connectivity index (χ1) is 59.8. The zero-order valence-corrected chi connectivity index (χ0v) is 68.0. The monoisotopic (exact) mass is 1540 g/mol. The fraction of sp³-hybridized carbons (Fsp3) is 0.102. The van der Waals surface area contributed by atoms with Crippen molar-refractivity contribution in [3.05, 3.63) is 449 Å². The smallest absolute Gasteiger partial charge is 0.0934 e. The Bertz CT molecular complexity index is 7380. The Balaban J connectivity index is 0.000000158. The first-order valence-electron chi connectivity index (χ1n) is 43.4. The van der Waals surface area contributed by atoms with Crippen LogP contribution in [0.5, 0.6) is 0 Å². The highest BCUT2D eigenvalue weighted by atomic mass is 15.0. The van der Waals surface area contributed by atoms with E-state index in [4.69, 9.17) is 9.97 Å². The molecular formula is C118H83N3. The van der Waals surface area contributed by atoms with Gasteiger partial charge in [0.05, 0.1) is 44.6 Å². The molecule has 26 rings (SSSR count). The van der Waals surface area contributed by atoms with E-state index in [0.29, 0.717) is 0 Å². The third kappa shape index (κ3) is 9.22. The van der Waals surface area contributed by atoms with Gasteiger partial charge < -0.3 is 4.57 Å². The second kappa shape index (κ2) is 26.1. The molecule has 20 aromatic rings. The van der Waals surface area contributed by atoms with Crippen LogP contribution in [0.15, 0.2) is 382 Å². The van der Waals surface area contributed by atoms with Crippen LogP contribution in [0.25, 0.3) is 171 Å². The first-order valence-corrected chi connectivity index (χ1v) is 43.4. The topological polar surface area (TPSA) is 30.7 Å². The number of hydrogen-bond acceptors (Lipinski definition) is 2. The lowest BCUT2D eigenvalue weighted by atomic mass is 9.70. The second-order valence-corrected chi connectivity index (χ2v) is 34.3. The van der Waals surface area contributed by atoms with E-state index in [9.17, 15) is 0 Å². The molecule has 2 aromatic heterocycles. The fourth-order valence-corrected chi connectivity index (χ4v) is 24.0. The summed E-state index contributed by atoms with van der Waals surface area (Å²) in [6, 6.07) is 143. The van der Waals surface area contributed by atoms with Crippen molar-refractivity contribution >= 4 is 54.1 Å². The Morgan fingerprint density at radius 3 is 0.959 bits per heavy atom. The molecule has 2 spiro atoms. The Morgan fingerprint density at radius 2 is 0.529 bits per heavy atom. The van der Waals surface area contributed by atoms with Gasteiger partial charge >= 0.3 is 0 Å². The summed E-state index contributed by atoms with van der Waals surface area (Å²) in [4.78, 5) is 11.9. The van der Waals surface area contributed by atoms with Gasteiger partial charge in [0.2, 0.25) is 0 Å². The maximum atomic E-state index is 5.94. The van der Waals surface area contributed by atoms with Crippen molar-refractivity contribution in [2.45, 2.75) is 75.0 Å². The number of rotatable bonds is 9. The first kappa shape index (κ1) is 69.7. The zero-order valence-electron chi connectivity index (χ0n) is 68.0. The van der Waals surface area contributed by atoms with E-state index in [2.05, 4.69) is 414 Å². The molecule has 6 aliphatic carbocycles. The highest BCUT2D eigenvalue weighted by molar-refractivity contribution is 6.24. The van der Waals surface area contributed by atoms with Gasteiger partial charge in [-0.25, -0.2) is 9.97 Å². The van der Waals surface area contributed by atoms with Gasteiger partial charge in [0.25, 0.3) is 0 Å². The number of benzene rings is 18. The lowest BCUT2D eigenvalue weighted by Crippen LogP contribution is -2.27. The summed E-state index contributed by atoms with van der Waals surface area (Å²) in [5.74, 6) is 0. The summed E-state index contributed by atoms with van der Waals surface area (Å²) in [5, 5.41) is 10.2.